The first-order valence-electron chi connectivity index (χ1n) is 9.10. The molecule has 3 aromatic carbocycles. The zero-order valence-corrected chi connectivity index (χ0v) is 16.5. The fourth-order valence-electron chi connectivity index (χ4n) is 3.07. The lowest BCUT2D eigenvalue weighted by Crippen LogP contribution is -2.28. The minimum absolute atomic E-state index is 0.0638. The second kappa shape index (κ2) is 8.36. The van der Waals surface area contributed by atoms with Crippen LogP contribution in [0, 0.1) is 0 Å². The van der Waals surface area contributed by atoms with E-state index in [1.165, 1.54) is 11.8 Å². The fraction of sp³-hybridized carbons (Fsp3) is 0.136. The van der Waals surface area contributed by atoms with Crippen LogP contribution in [0.15, 0.2) is 71.7 Å². The lowest BCUT2D eigenvalue weighted by Gasteiger charge is -2.08. The number of amides is 2. The largest absolute Gasteiger partial charge is 0.494 e. The highest BCUT2D eigenvalue weighted by atomic mass is 32.2. The first-order chi connectivity index (χ1) is 14.1. The van der Waals surface area contributed by atoms with E-state index in [-0.39, 0.29) is 18.2 Å². The highest BCUT2D eigenvalue weighted by molar-refractivity contribution is 8.15. The minimum Gasteiger partial charge on any atom is -0.494 e. The summed E-state index contributed by atoms with van der Waals surface area (Å²) in [6, 6.07) is 21.0. The molecule has 1 atom stereocenters. The summed E-state index contributed by atoms with van der Waals surface area (Å²) in [5, 5.41) is 7.70. The maximum Gasteiger partial charge on any atom is 0.240 e. The molecule has 1 heterocycles. The number of para-hydroxylation sites is 2. The van der Waals surface area contributed by atoms with Crippen molar-refractivity contribution in [3.63, 3.8) is 0 Å². The zero-order valence-electron chi connectivity index (χ0n) is 15.7. The Labute approximate surface area is 172 Å². The lowest BCUT2D eigenvalue weighted by atomic mass is 10.1. The fourth-order valence-corrected chi connectivity index (χ4v) is 4.05. The highest BCUT2D eigenvalue weighted by Crippen LogP contribution is 2.30. The van der Waals surface area contributed by atoms with Crippen molar-refractivity contribution in [2.45, 2.75) is 11.7 Å². The standard InChI is InChI=1S/C22H19N3O3S/c1-28-18-9-5-4-8-17(18)24-22-25-21(27)19(29-22)13-20(26)23-16-11-10-14-6-2-3-7-15(14)12-16/h2-12,19H,13H2,1H3,(H,23,26)(H,24,25,27). The number of hydrogen-bond acceptors (Lipinski definition) is 5. The van der Waals surface area contributed by atoms with E-state index >= 15 is 0 Å². The highest BCUT2D eigenvalue weighted by Gasteiger charge is 2.32. The van der Waals surface area contributed by atoms with Crippen molar-refractivity contribution in [3.05, 3.63) is 66.7 Å². The third kappa shape index (κ3) is 4.41. The van der Waals surface area contributed by atoms with E-state index in [0.717, 1.165) is 10.8 Å². The normalized spacial score (nSPS) is 17.3. The Balaban J connectivity index is 1.41. The number of carbonyl (C=O) groups excluding carboxylic acids is 2. The van der Waals surface area contributed by atoms with Crippen molar-refractivity contribution in [1.82, 2.24) is 5.32 Å². The Bertz CT molecular complexity index is 1110. The molecule has 1 unspecified atom stereocenters. The van der Waals surface area contributed by atoms with E-state index in [2.05, 4.69) is 15.6 Å². The quantitative estimate of drug-likeness (QED) is 0.670. The van der Waals surface area contributed by atoms with Crippen molar-refractivity contribution in [2.75, 3.05) is 12.4 Å². The first kappa shape index (κ1) is 19.0. The number of amidine groups is 1. The van der Waals surface area contributed by atoms with Gasteiger partial charge in [-0.05, 0) is 35.0 Å². The molecule has 7 heteroatoms. The number of nitrogens with one attached hydrogen (secondary N) is 2. The van der Waals surface area contributed by atoms with Crippen LogP contribution in [0.25, 0.3) is 10.8 Å². The molecule has 1 saturated heterocycles. The van der Waals surface area contributed by atoms with E-state index < -0.39 is 5.25 Å². The molecule has 4 rings (SSSR count). The molecule has 0 aromatic heterocycles. The van der Waals surface area contributed by atoms with Gasteiger partial charge in [0.1, 0.15) is 16.7 Å². The number of anilines is 1. The molecule has 1 fully saturated rings. The maximum absolute atomic E-state index is 12.5. The van der Waals surface area contributed by atoms with Crippen molar-refractivity contribution in [2.24, 2.45) is 4.99 Å². The molecule has 6 nitrogen and oxygen atoms in total. The number of carbonyl (C=O) groups is 2. The first-order valence-corrected chi connectivity index (χ1v) is 9.98. The number of thioether (sulfide) groups is 1. The second-order valence-corrected chi connectivity index (χ2v) is 7.69. The monoisotopic (exact) mass is 405 g/mol. The van der Waals surface area contributed by atoms with Gasteiger partial charge >= 0.3 is 0 Å². The van der Waals surface area contributed by atoms with Gasteiger partial charge in [-0.3, -0.25) is 9.59 Å². The number of nitrogens with zero attached hydrogens (tertiary/aromatic N) is 1. The molecular weight excluding hydrogens is 386 g/mol. The molecule has 146 valence electrons. The molecule has 1 aliphatic heterocycles. The summed E-state index contributed by atoms with van der Waals surface area (Å²) >= 11 is 1.25. The zero-order chi connectivity index (χ0) is 20.2. The predicted octanol–water partition coefficient (Wildman–Crippen LogP) is 4.10. The molecular formula is C22H19N3O3S. The summed E-state index contributed by atoms with van der Waals surface area (Å²) < 4.78 is 5.28. The van der Waals surface area contributed by atoms with E-state index in [1.54, 1.807) is 19.2 Å². The topological polar surface area (TPSA) is 79.8 Å². The number of aliphatic imine (C=N–C) groups is 1. The second-order valence-electron chi connectivity index (χ2n) is 6.50. The Hall–Kier alpha value is -3.32. The summed E-state index contributed by atoms with van der Waals surface area (Å²) in [7, 11) is 1.57. The Kier molecular flexibility index (Phi) is 5.48. The van der Waals surface area contributed by atoms with Crippen LogP contribution in [0.1, 0.15) is 6.42 Å². The molecule has 1 aliphatic rings. The van der Waals surface area contributed by atoms with Gasteiger partial charge in [-0.25, -0.2) is 4.99 Å². The van der Waals surface area contributed by atoms with Crippen molar-refractivity contribution < 1.29 is 14.3 Å². The van der Waals surface area contributed by atoms with Crippen LogP contribution in [-0.2, 0) is 9.59 Å². The van der Waals surface area contributed by atoms with Gasteiger partial charge in [0.25, 0.3) is 0 Å². The lowest BCUT2D eigenvalue weighted by molar-refractivity contribution is -0.122. The van der Waals surface area contributed by atoms with E-state index in [9.17, 15) is 9.59 Å². The average molecular weight is 405 g/mol. The smallest absolute Gasteiger partial charge is 0.240 e. The van der Waals surface area contributed by atoms with Gasteiger partial charge in [0.2, 0.25) is 11.8 Å². The van der Waals surface area contributed by atoms with Gasteiger partial charge < -0.3 is 15.4 Å². The summed E-state index contributed by atoms with van der Waals surface area (Å²) in [5.74, 6) is 0.177. The van der Waals surface area contributed by atoms with E-state index in [0.29, 0.717) is 22.3 Å². The van der Waals surface area contributed by atoms with Crippen LogP contribution in [-0.4, -0.2) is 29.3 Å². The third-order valence-electron chi connectivity index (χ3n) is 4.49. The minimum atomic E-state index is -0.524. The number of ether oxygens (including phenoxy) is 1. The SMILES string of the molecule is COc1ccccc1N=C1NC(=O)C(CC(=O)Nc2ccc3ccccc3c2)S1. The summed E-state index contributed by atoms with van der Waals surface area (Å²) in [5.41, 5.74) is 1.33. The van der Waals surface area contributed by atoms with Crippen molar-refractivity contribution in [1.29, 1.82) is 0 Å². The Morgan fingerprint density at radius 2 is 1.86 bits per heavy atom. The van der Waals surface area contributed by atoms with Crippen LogP contribution in [0.3, 0.4) is 0 Å². The van der Waals surface area contributed by atoms with Crippen molar-refractivity contribution in [3.8, 4) is 5.75 Å². The number of rotatable bonds is 5. The van der Waals surface area contributed by atoms with Crippen LogP contribution in [0.2, 0.25) is 0 Å². The number of benzene rings is 3. The molecule has 2 amide bonds. The molecule has 0 spiro atoms. The molecule has 3 aromatic rings. The van der Waals surface area contributed by atoms with Crippen LogP contribution in [0.4, 0.5) is 11.4 Å². The maximum atomic E-state index is 12.5. The molecule has 0 bridgehead atoms. The predicted molar refractivity (Wildman–Crippen MR) is 117 cm³/mol. The summed E-state index contributed by atoms with van der Waals surface area (Å²) in [6.07, 6.45) is 0.0638. The van der Waals surface area contributed by atoms with E-state index in [1.807, 2.05) is 54.6 Å². The van der Waals surface area contributed by atoms with E-state index in [4.69, 9.17) is 4.74 Å². The Morgan fingerprint density at radius 3 is 2.69 bits per heavy atom. The van der Waals surface area contributed by atoms with Gasteiger partial charge in [0.15, 0.2) is 5.17 Å². The molecule has 0 radical (unpaired) electrons. The van der Waals surface area contributed by atoms with Gasteiger partial charge in [-0.1, -0.05) is 54.2 Å². The molecule has 0 aliphatic carbocycles. The molecule has 0 saturated carbocycles. The van der Waals surface area contributed by atoms with Crippen LogP contribution in [0.5, 0.6) is 5.75 Å². The molecule has 2 N–H and O–H groups in total. The summed E-state index contributed by atoms with van der Waals surface area (Å²) in [6.45, 7) is 0. The number of fused-ring (bicyclic) bond motifs is 1. The third-order valence-corrected chi connectivity index (χ3v) is 5.57. The average Bonchev–Trinajstić information content (AvgIpc) is 3.06. The Morgan fingerprint density at radius 1 is 1.10 bits per heavy atom. The number of hydrogen-bond donors (Lipinski definition) is 2. The number of methoxy groups -OCH3 is 1. The van der Waals surface area contributed by atoms with Crippen molar-refractivity contribution >= 4 is 50.9 Å². The van der Waals surface area contributed by atoms with Gasteiger partial charge in [-0.15, -0.1) is 0 Å². The van der Waals surface area contributed by atoms with Gasteiger partial charge in [0, 0.05) is 12.1 Å². The van der Waals surface area contributed by atoms with Crippen LogP contribution >= 0.6 is 11.8 Å². The molecule has 29 heavy (non-hydrogen) atoms. The van der Waals surface area contributed by atoms with Gasteiger partial charge in [-0.2, -0.15) is 0 Å². The van der Waals surface area contributed by atoms with Gasteiger partial charge in [0.05, 0.1) is 7.11 Å². The summed E-state index contributed by atoms with van der Waals surface area (Å²) in [4.78, 5) is 29.2. The van der Waals surface area contributed by atoms with Crippen LogP contribution < -0.4 is 15.4 Å².